The number of benzene rings is 1. The first-order chi connectivity index (χ1) is 11.2. The van der Waals surface area contributed by atoms with Gasteiger partial charge in [0.2, 0.25) is 0 Å². The van der Waals surface area contributed by atoms with Gasteiger partial charge >= 0.3 is 6.03 Å². The molecule has 3 N–H and O–H groups in total. The van der Waals surface area contributed by atoms with Gasteiger partial charge in [-0.25, -0.2) is 4.79 Å². The highest BCUT2D eigenvalue weighted by Crippen LogP contribution is 2.12. The Balaban J connectivity index is 1.70. The second kappa shape index (κ2) is 9.53. The van der Waals surface area contributed by atoms with E-state index in [4.69, 9.17) is 0 Å². The number of carbonyl (C=O) groups excluding carboxylic acids is 1. The molecule has 1 aliphatic rings. The van der Waals surface area contributed by atoms with Crippen molar-refractivity contribution in [1.29, 1.82) is 0 Å². The first kappa shape index (κ1) is 17.8. The largest absolute Gasteiger partial charge is 0.396 e. The molecule has 1 saturated heterocycles. The Bertz CT molecular complexity index is 459. The molecule has 0 aromatic heterocycles. The van der Waals surface area contributed by atoms with E-state index in [1.165, 1.54) is 5.56 Å². The van der Waals surface area contributed by atoms with Gasteiger partial charge in [-0.05, 0) is 37.7 Å². The van der Waals surface area contributed by atoms with Gasteiger partial charge in [-0.2, -0.15) is 0 Å². The first-order valence-corrected chi connectivity index (χ1v) is 8.63. The van der Waals surface area contributed by atoms with E-state index in [-0.39, 0.29) is 18.6 Å². The van der Waals surface area contributed by atoms with Gasteiger partial charge in [0, 0.05) is 38.8 Å². The molecule has 128 valence electrons. The third kappa shape index (κ3) is 5.84. The minimum Gasteiger partial charge on any atom is -0.396 e. The Labute approximate surface area is 139 Å². The summed E-state index contributed by atoms with van der Waals surface area (Å²) in [7, 11) is 0. The van der Waals surface area contributed by atoms with Crippen molar-refractivity contribution >= 4 is 6.03 Å². The van der Waals surface area contributed by atoms with Crippen molar-refractivity contribution in [2.75, 3.05) is 32.8 Å². The molecule has 0 bridgehead atoms. The number of urea groups is 1. The van der Waals surface area contributed by atoms with E-state index in [0.717, 1.165) is 38.9 Å². The molecule has 23 heavy (non-hydrogen) atoms. The van der Waals surface area contributed by atoms with Crippen LogP contribution in [0.25, 0.3) is 0 Å². The van der Waals surface area contributed by atoms with Crippen LogP contribution in [0.4, 0.5) is 4.79 Å². The molecule has 1 aromatic rings. The van der Waals surface area contributed by atoms with Crippen molar-refractivity contribution in [3.05, 3.63) is 35.9 Å². The van der Waals surface area contributed by atoms with Crippen LogP contribution in [0.3, 0.4) is 0 Å². The number of likely N-dealkylation sites (tertiary alicyclic amines) is 1. The number of nitrogens with one attached hydrogen (secondary N) is 2. The molecule has 1 fully saturated rings. The average Bonchev–Trinajstić information content (AvgIpc) is 2.60. The molecule has 0 aliphatic carbocycles. The van der Waals surface area contributed by atoms with Crippen molar-refractivity contribution in [3.63, 3.8) is 0 Å². The Morgan fingerprint density at radius 1 is 1.30 bits per heavy atom. The summed E-state index contributed by atoms with van der Waals surface area (Å²) in [5, 5.41) is 16.0. The van der Waals surface area contributed by atoms with Crippen LogP contribution in [0.15, 0.2) is 30.3 Å². The van der Waals surface area contributed by atoms with E-state index in [9.17, 15) is 9.90 Å². The molecular formula is C18H29N3O2. The fourth-order valence-corrected chi connectivity index (χ4v) is 3.03. The van der Waals surface area contributed by atoms with Gasteiger partial charge in [0.25, 0.3) is 0 Å². The van der Waals surface area contributed by atoms with Gasteiger partial charge in [-0.3, -0.25) is 0 Å². The summed E-state index contributed by atoms with van der Waals surface area (Å²) < 4.78 is 0. The lowest BCUT2D eigenvalue weighted by Crippen LogP contribution is -2.49. The Morgan fingerprint density at radius 3 is 2.61 bits per heavy atom. The topological polar surface area (TPSA) is 64.6 Å². The standard InChI is InChI=1S/C18H29N3O2/c1-2-19-18(23)21-10-8-17(9-11-21)20-13-16(14-22)12-15-6-4-3-5-7-15/h3-7,16-17,20,22H,2,8-14H2,1H3,(H,19,23). The summed E-state index contributed by atoms with van der Waals surface area (Å²) in [5.74, 6) is 0.235. The van der Waals surface area contributed by atoms with Crippen LogP contribution in [0.5, 0.6) is 0 Å². The average molecular weight is 319 g/mol. The molecule has 1 heterocycles. The molecule has 1 atom stereocenters. The van der Waals surface area contributed by atoms with Gasteiger partial charge in [0.15, 0.2) is 0 Å². The SMILES string of the molecule is CCNC(=O)N1CCC(NCC(CO)Cc2ccccc2)CC1. The third-order valence-corrected chi connectivity index (χ3v) is 4.43. The molecule has 1 aliphatic heterocycles. The van der Waals surface area contributed by atoms with Gasteiger partial charge < -0.3 is 20.6 Å². The molecule has 2 amide bonds. The highest BCUT2D eigenvalue weighted by Gasteiger charge is 2.22. The number of hydrogen-bond acceptors (Lipinski definition) is 3. The molecule has 1 aromatic carbocycles. The van der Waals surface area contributed by atoms with Gasteiger partial charge in [0.1, 0.15) is 0 Å². The van der Waals surface area contributed by atoms with Crippen LogP contribution in [0.2, 0.25) is 0 Å². The normalized spacial score (nSPS) is 17.0. The predicted molar refractivity (Wildman–Crippen MR) is 92.4 cm³/mol. The van der Waals surface area contributed by atoms with Gasteiger partial charge in [0.05, 0.1) is 0 Å². The molecule has 0 spiro atoms. The van der Waals surface area contributed by atoms with Crippen LogP contribution in [0, 0.1) is 5.92 Å². The van der Waals surface area contributed by atoms with Crippen molar-refractivity contribution in [1.82, 2.24) is 15.5 Å². The van der Waals surface area contributed by atoms with Crippen molar-refractivity contribution in [2.45, 2.75) is 32.2 Å². The summed E-state index contributed by atoms with van der Waals surface area (Å²) in [6, 6.07) is 10.8. The lowest BCUT2D eigenvalue weighted by atomic mass is 9.98. The summed E-state index contributed by atoms with van der Waals surface area (Å²) >= 11 is 0. The van der Waals surface area contributed by atoms with E-state index in [1.54, 1.807) is 0 Å². The zero-order valence-electron chi connectivity index (χ0n) is 14.0. The van der Waals surface area contributed by atoms with Gasteiger partial charge in [-0.1, -0.05) is 30.3 Å². The fraction of sp³-hybridized carbons (Fsp3) is 0.611. The smallest absolute Gasteiger partial charge is 0.317 e. The van der Waals surface area contributed by atoms with E-state index >= 15 is 0 Å². The maximum absolute atomic E-state index is 11.8. The molecule has 1 unspecified atom stereocenters. The lowest BCUT2D eigenvalue weighted by Gasteiger charge is -2.33. The second-order valence-corrected chi connectivity index (χ2v) is 6.24. The van der Waals surface area contributed by atoms with E-state index in [0.29, 0.717) is 12.6 Å². The van der Waals surface area contributed by atoms with E-state index in [2.05, 4.69) is 22.8 Å². The number of aliphatic hydroxyl groups is 1. The zero-order chi connectivity index (χ0) is 16.5. The number of rotatable bonds is 7. The molecule has 5 nitrogen and oxygen atoms in total. The number of piperidine rings is 1. The maximum Gasteiger partial charge on any atom is 0.317 e. The fourth-order valence-electron chi connectivity index (χ4n) is 3.03. The number of hydrogen-bond donors (Lipinski definition) is 3. The predicted octanol–water partition coefficient (Wildman–Crippen LogP) is 1.62. The van der Waals surface area contributed by atoms with Crippen LogP contribution in [-0.2, 0) is 6.42 Å². The number of aliphatic hydroxyl groups excluding tert-OH is 1. The maximum atomic E-state index is 11.8. The molecule has 5 heteroatoms. The van der Waals surface area contributed by atoms with Crippen LogP contribution in [0.1, 0.15) is 25.3 Å². The summed E-state index contributed by atoms with van der Waals surface area (Å²) in [6.07, 6.45) is 2.84. The number of nitrogens with zero attached hydrogens (tertiary/aromatic N) is 1. The highest BCUT2D eigenvalue weighted by molar-refractivity contribution is 5.74. The minimum absolute atomic E-state index is 0.0447. The number of amides is 2. The first-order valence-electron chi connectivity index (χ1n) is 8.63. The highest BCUT2D eigenvalue weighted by atomic mass is 16.3. The molecule has 0 radical (unpaired) electrons. The Kier molecular flexibility index (Phi) is 7.36. The molecular weight excluding hydrogens is 290 g/mol. The van der Waals surface area contributed by atoms with Crippen molar-refractivity contribution in [3.8, 4) is 0 Å². The zero-order valence-corrected chi connectivity index (χ0v) is 14.0. The van der Waals surface area contributed by atoms with Crippen LogP contribution < -0.4 is 10.6 Å². The lowest BCUT2D eigenvalue weighted by molar-refractivity contribution is 0.171. The summed E-state index contributed by atoms with van der Waals surface area (Å²) in [5.41, 5.74) is 1.26. The van der Waals surface area contributed by atoms with E-state index in [1.807, 2.05) is 30.0 Å². The van der Waals surface area contributed by atoms with Gasteiger partial charge in [-0.15, -0.1) is 0 Å². The second-order valence-electron chi connectivity index (χ2n) is 6.24. The van der Waals surface area contributed by atoms with Crippen LogP contribution >= 0.6 is 0 Å². The van der Waals surface area contributed by atoms with Crippen molar-refractivity contribution in [2.24, 2.45) is 5.92 Å². The third-order valence-electron chi connectivity index (χ3n) is 4.43. The van der Waals surface area contributed by atoms with Crippen molar-refractivity contribution < 1.29 is 9.90 Å². The molecule has 2 rings (SSSR count). The quantitative estimate of drug-likeness (QED) is 0.715. The molecule has 0 saturated carbocycles. The Hall–Kier alpha value is -1.59. The van der Waals surface area contributed by atoms with E-state index < -0.39 is 0 Å². The Morgan fingerprint density at radius 2 is 2.00 bits per heavy atom. The summed E-state index contributed by atoms with van der Waals surface area (Å²) in [4.78, 5) is 13.7. The number of carbonyl (C=O) groups is 1. The monoisotopic (exact) mass is 319 g/mol. The minimum atomic E-state index is 0.0447. The summed E-state index contributed by atoms with van der Waals surface area (Å²) in [6.45, 7) is 5.22. The van der Waals surface area contributed by atoms with Crippen LogP contribution in [-0.4, -0.2) is 54.9 Å².